The zero-order chi connectivity index (χ0) is 15.6. The molecule has 2 unspecified atom stereocenters. The molecular weight excluding hydrogens is 292 g/mol. The van der Waals surface area contributed by atoms with Crippen molar-refractivity contribution in [2.75, 3.05) is 0 Å². The molecular formula is C15H15ClN2O3. The van der Waals surface area contributed by atoms with Crippen molar-refractivity contribution in [2.45, 2.75) is 19.9 Å². The normalized spacial score (nSPS) is 13.7. The number of hydrogen-bond donors (Lipinski definition) is 2. The van der Waals surface area contributed by atoms with E-state index in [1.54, 1.807) is 32.0 Å². The number of hydrogen-bond acceptors (Lipinski definition) is 3. The van der Waals surface area contributed by atoms with Gasteiger partial charge in [-0.1, -0.05) is 29.8 Å². The van der Waals surface area contributed by atoms with Crippen molar-refractivity contribution >= 4 is 34.4 Å². The van der Waals surface area contributed by atoms with Gasteiger partial charge in [-0.25, -0.2) is 4.98 Å². The van der Waals surface area contributed by atoms with Crippen molar-refractivity contribution in [1.82, 2.24) is 10.3 Å². The molecule has 0 bridgehead atoms. The van der Waals surface area contributed by atoms with Crippen LogP contribution in [0.15, 0.2) is 30.3 Å². The molecule has 2 atom stereocenters. The predicted octanol–water partition coefficient (Wildman–Crippen LogP) is 2.73. The Balaban J connectivity index is 2.33. The van der Waals surface area contributed by atoms with Gasteiger partial charge in [0.25, 0.3) is 5.91 Å². The number of nitrogens with one attached hydrogen (secondary N) is 1. The minimum atomic E-state index is -0.958. The van der Waals surface area contributed by atoms with Crippen LogP contribution in [0.4, 0.5) is 0 Å². The number of aromatic nitrogens is 1. The highest BCUT2D eigenvalue weighted by Crippen LogP contribution is 2.21. The number of aliphatic carboxylic acids is 1. The summed E-state index contributed by atoms with van der Waals surface area (Å²) in [5, 5.41) is 12.6. The molecule has 0 aliphatic heterocycles. The van der Waals surface area contributed by atoms with Crippen LogP contribution in [-0.2, 0) is 4.79 Å². The Kier molecular flexibility index (Phi) is 4.43. The third-order valence-corrected chi connectivity index (χ3v) is 3.62. The van der Waals surface area contributed by atoms with E-state index in [4.69, 9.17) is 16.7 Å². The van der Waals surface area contributed by atoms with Gasteiger partial charge in [0, 0.05) is 11.4 Å². The van der Waals surface area contributed by atoms with Gasteiger partial charge in [0.05, 0.1) is 17.0 Å². The van der Waals surface area contributed by atoms with Crippen LogP contribution >= 0.6 is 11.6 Å². The minimum Gasteiger partial charge on any atom is -0.481 e. The third-order valence-electron chi connectivity index (χ3n) is 3.43. The zero-order valence-electron chi connectivity index (χ0n) is 11.6. The van der Waals surface area contributed by atoms with E-state index in [1.165, 1.54) is 6.07 Å². The van der Waals surface area contributed by atoms with Gasteiger partial charge in [0.1, 0.15) is 5.15 Å². The average Bonchev–Trinajstić information content (AvgIpc) is 2.45. The Hall–Kier alpha value is -2.14. The molecule has 6 heteroatoms. The summed E-state index contributed by atoms with van der Waals surface area (Å²) in [4.78, 5) is 27.5. The van der Waals surface area contributed by atoms with Gasteiger partial charge < -0.3 is 10.4 Å². The fraction of sp³-hybridized carbons (Fsp3) is 0.267. The van der Waals surface area contributed by atoms with Crippen LogP contribution in [0.3, 0.4) is 0 Å². The fourth-order valence-corrected chi connectivity index (χ4v) is 2.15. The van der Waals surface area contributed by atoms with Crippen molar-refractivity contribution in [2.24, 2.45) is 5.92 Å². The number of rotatable bonds is 4. The maximum Gasteiger partial charge on any atom is 0.308 e. The molecule has 0 aliphatic carbocycles. The molecule has 2 N–H and O–H groups in total. The molecule has 0 fully saturated rings. The monoisotopic (exact) mass is 306 g/mol. The van der Waals surface area contributed by atoms with Crippen LogP contribution in [-0.4, -0.2) is 28.0 Å². The van der Waals surface area contributed by atoms with E-state index in [2.05, 4.69) is 10.3 Å². The Morgan fingerprint density at radius 1 is 1.29 bits per heavy atom. The SMILES string of the molecule is CC(NC(=O)c1cc(Cl)nc2ccccc12)C(C)C(=O)O. The van der Waals surface area contributed by atoms with Gasteiger partial charge >= 0.3 is 5.97 Å². The van der Waals surface area contributed by atoms with Crippen molar-refractivity contribution in [3.05, 3.63) is 41.0 Å². The van der Waals surface area contributed by atoms with E-state index in [0.717, 1.165) is 0 Å². The molecule has 21 heavy (non-hydrogen) atoms. The van der Waals surface area contributed by atoms with Gasteiger partial charge in [0.2, 0.25) is 0 Å². The van der Waals surface area contributed by atoms with E-state index in [1.807, 2.05) is 6.07 Å². The summed E-state index contributed by atoms with van der Waals surface area (Å²) in [6.45, 7) is 3.20. The zero-order valence-corrected chi connectivity index (χ0v) is 12.4. The van der Waals surface area contributed by atoms with Crippen LogP contribution < -0.4 is 5.32 Å². The molecule has 1 heterocycles. The lowest BCUT2D eigenvalue weighted by Gasteiger charge is -2.18. The molecule has 1 amide bonds. The molecule has 0 saturated carbocycles. The number of para-hydroxylation sites is 1. The number of carboxylic acid groups (broad SMARTS) is 1. The van der Waals surface area contributed by atoms with Crippen LogP contribution in [0.5, 0.6) is 0 Å². The second-order valence-electron chi connectivity index (χ2n) is 4.90. The number of carbonyl (C=O) groups excluding carboxylic acids is 1. The lowest BCUT2D eigenvalue weighted by Crippen LogP contribution is -2.40. The lowest BCUT2D eigenvalue weighted by atomic mass is 10.0. The first kappa shape index (κ1) is 15.3. The van der Waals surface area contributed by atoms with Crippen molar-refractivity contribution in [3.8, 4) is 0 Å². The van der Waals surface area contributed by atoms with Crippen molar-refractivity contribution < 1.29 is 14.7 Å². The Morgan fingerprint density at radius 2 is 1.95 bits per heavy atom. The maximum atomic E-state index is 12.4. The Morgan fingerprint density at radius 3 is 2.62 bits per heavy atom. The molecule has 5 nitrogen and oxygen atoms in total. The number of pyridine rings is 1. The number of halogens is 1. The van der Waals surface area contributed by atoms with Crippen molar-refractivity contribution in [3.63, 3.8) is 0 Å². The van der Waals surface area contributed by atoms with Crippen LogP contribution in [0.2, 0.25) is 5.15 Å². The summed E-state index contributed by atoms with van der Waals surface area (Å²) in [6, 6.07) is 8.14. The van der Waals surface area contributed by atoms with Gasteiger partial charge in [-0.15, -0.1) is 0 Å². The second kappa shape index (κ2) is 6.10. The number of fused-ring (bicyclic) bond motifs is 1. The highest BCUT2D eigenvalue weighted by Gasteiger charge is 2.22. The molecule has 1 aromatic heterocycles. The maximum absolute atomic E-state index is 12.4. The minimum absolute atomic E-state index is 0.220. The quantitative estimate of drug-likeness (QED) is 0.851. The molecule has 2 aromatic rings. The summed E-state index contributed by atoms with van der Waals surface area (Å²) in [7, 11) is 0. The van der Waals surface area contributed by atoms with E-state index in [0.29, 0.717) is 16.5 Å². The number of nitrogens with zero attached hydrogens (tertiary/aromatic N) is 1. The average molecular weight is 307 g/mol. The Bertz CT molecular complexity index is 702. The van der Waals surface area contributed by atoms with Gasteiger partial charge in [0.15, 0.2) is 0 Å². The van der Waals surface area contributed by atoms with Crippen LogP contribution in [0, 0.1) is 5.92 Å². The Labute approximate surface area is 126 Å². The molecule has 0 spiro atoms. The molecule has 110 valence electrons. The molecule has 2 rings (SSSR count). The second-order valence-corrected chi connectivity index (χ2v) is 5.29. The molecule has 0 saturated heterocycles. The largest absolute Gasteiger partial charge is 0.481 e. The first-order chi connectivity index (χ1) is 9.90. The van der Waals surface area contributed by atoms with Gasteiger partial charge in [-0.3, -0.25) is 9.59 Å². The van der Waals surface area contributed by atoms with Crippen LogP contribution in [0.25, 0.3) is 10.9 Å². The van der Waals surface area contributed by atoms with E-state index >= 15 is 0 Å². The molecule has 0 radical (unpaired) electrons. The fourth-order valence-electron chi connectivity index (χ4n) is 1.95. The summed E-state index contributed by atoms with van der Waals surface area (Å²) >= 11 is 5.93. The van der Waals surface area contributed by atoms with Gasteiger partial charge in [-0.05, 0) is 26.0 Å². The number of amides is 1. The predicted molar refractivity (Wildman–Crippen MR) is 80.5 cm³/mol. The third kappa shape index (κ3) is 3.31. The number of carboxylic acids is 1. The smallest absolute Gasteiger partial charge is 0.308 e. The summed E-state index contributed by atoms with van der Waals surface area (Å²) < 4.78 is 0. The topological polar surface area (TPSA) is 79.3 Å². The molecule has 0 aliphatic rings. The number of benzene rings is 1. The van der Waals surface area contributed by atoms with E-state index < -0.39 is 17.9 Å². The highest BCUT2D eigenvalue weighted by molar-refractivity contribution is 6.30. The van der Waals surface area contributed by atoms with Crippen molar-refractivity contribution in [1.29, 1.82) is 0 Å². The van der Waals surface area contributed by atoms with E-state index in [9.17, 15) is 9.59 Å². The van der Waals surface area contributed by atoms with Gasteiger partial charge in [-0.2, -0.15) is 0 Å². The number of carbonyl (C=O) groups is 2. The molecule has 1 aromatic carbocycles. The standard InChI is InChI=1S/C15H15ClN2O3/c1-8(15(20)21)9(2)17-14(19)11-7-13(16)18-12-6-4-3-5-10(11)12/h3-9H,1-2H3,(H,17,19)(H,20,21). The first-order valence-electron chi connectivity index (χ1n) is 6.49. The van der Waals surface area contributed by atoms with Crippen LogP contribution in [0.1, 0.15) is 24.2 Å². The summed E-state index contributed by atoms with van der Waals surface area (Å²) in [5.41, 5.74) is 1.00. The lowest BCUT2D eigenvalue weighted by molar-refractivity contribution is -0.141. The van der Waals surface area contributed by atoms with E-state index in [-0.39, 0.29) is 11.1 Å². The highest BCUT2D eigenvalue weighted by atomic mass is 35.5. The summed E-state index contributed by atoms with van der Waals surface area (Å²) in [6.07, 6.45) is 0. The first-order valence-corrected chi connectivity index (χ1v) is 6.87. The summed E-state index contributed by atoms with van der Waals surface area (Å²) in [5.74, 6) is -2.01.